The molecular weight excluding hydrogens is 222 g/mol. The van der Waals surface area contributed by atoms with E-state index in [0.29, 0.717) is 0 Å². The van der Waals surface area contributed by atoms with Gasteiger partial charge in [-0.2, -0.15) is 0 Å². The van der Waals surface area contributed by atoms with Crippen LogP contribution >= 0.6 is 0 Å². The number of likely N-dealkylation sites (N-methyl/N-ethyl adjacent to an activating group) is 1. The van der Waals surface area contributed by atoms with E-state index < -0.39 is 0 Å². The summed E-state index contributed by atoms with van der Waals surface area (Å²) in [5, 5.41) is 3.54. The van der Waals surface area contributed by atoms with Crippen LogP contribution in [0.1, 0.15) is 18.1 Å². The molecule has 0 aromatic heterocycles. The van der Waals surface area contributed by atoms with E-state index in [1.165, 1.54) is 56.0 Å². The van der Waals surface area contributed by atoms with E-state index in [0.717, 1.165) is 13.1 Å². The van der Waals surface area contributed by atoms with Gasteiger partial charge >= 0.3 is 0 Å². The first-order valence-corrected chi connectivity index (χ1v) is 7.16. The molecule has 0 atom stereocenters. The SMILES string of the molecule is CCN1CCN(Cc2cccc3c2NCC3)CC1. The Labute approximate surface area is 110 Å². The zero-order chi connectivity index (χ0) is 12.4. The average molecular weight is 245 g/mol. The van der Waals surface area contributed by atoms with Crippen molar-refractivity contribution in [3.05, 3.63) is 29.3 Å². The summed E-state index contributed by atoms with van der Waals surface area (Å²) in [5.41, 5.74) is 4.39. The van der Waals surface area contributed by atoms with Crippen molar-refractivity contribution in [1.82, 2.24) is 9.80 Å². The highest BCUT2D eigenvalue weighted by molar-refractivity contribution is 5.61. The van der Waals surface area contributed by atoms with Gasteiger partial charge in [-0.05, 0) is 24.1 Å². The number of hydrogen-bond donors (Lipinski definition) is 1. The number of anilines is 1. The maximum atomic E-state index is 3.54. The third-order valence-corrected chi connectivity index (χ3v) is 4.24. The van der Waals surface area contributed by atoms with Crippen LogP contribution < -0.4 is 5.32 Å². The van der Waals surface area contributed by atoms with Crippen molar-refractivity contribution in [2.75, 3.05) is 44.6 Å². The van der Waals surface area contributed by atoms with Crippen LogP contribution in [0, 0.1) is 0 Å². The lowest BCUT2D eigenvalue weighted by Crippen LogP contribution is -2.45. The van der Waals surface area contributed by atoms with Gasteiger partial charge in [-0.3, -0.25) is 4.90 Å². The fourth-order valence-corrected chi connectivity index (χ4v) is 3.05. The molecular formula is C15H23N3. The first-order chi connectivity index (χ1) is 8.86. The van der Waals surface area contributed by atoms with Crippen LogP contribution in [0.4, 0.5) is 5.69 Å². The number of benzene rings is 1. The van der Waals surface area contributed by atoms with Crippen molar-refractivity contribution in [1.29, 1.82) is 0 Å². The van der Waals surface area contributed by atoms with Crippen molar-refractivity contribution < 1.29 is 0 Å². The summed E-state index contributed by atoms with van der Waals surface area (Å²) in [7, 11) is 0. The van der Waals surface area contributed by atoms with Gasteiger partial charge in [0.15, 0.2) is 0 Å². The van der Waals surface area contributed by atoms with Gasteiger partial charge in [0.1, 0.15) is 0 Å². The highest BCUT2D eigenvalue weighted by Crippen LogP contribution is 2.27. The molecule has 1 N–H and O–H groups in total. The lowest BCUT2D eigenvalue weighted by Gasteiger charge is -2.34. The first kappa shape index (κ1) is 12.0. The molecule has 0 aliphatic carbocycles. The quantitative estimate of drug-likeness (QED) is 0.876. The van der Waals surface area contributed by atoms with E-state index in [-0.39, 0.29) is 0 Å². The number of nitrogens with one attached hydrogen (secondary N) is 1. The summed E-state index contributed by atoms with van der Waals surface area (Å²) < 4.78 is 0. The van der Waals surface area contributed by atoms with E-state index in [2.05, 4.69) is 40.2 Å². The number of piperazine rings is 1. The van der Waals surface area contributed by atoms with Crippen LogP contribution in [0.5, 0.6) is 0 Å². The molecule has 0 amide bonds. The highest BCUT2D eigenvalue weighted by Gasteiger charge is 2.19. The topological polar surface area (TPSA) is 18.5 Å². The fourth-order valence-electron chi connectivity index (χ4n) is 3.05. The normalized spacial score (nSPS) is 20.7. The second kappa shape index (κ2) is 5.29. The molecule has 2 heterocycles. The van der Waals surface area contributed by atoms with E-state index in [9.17, 15) is 0 Å². The maximum absolute atomic E-state index is 3.54. The predicted molar refractivity (Wildman–Crippen MR) is 76.0 cm³/mol. The van der Waals surface area contributed by atoms with Crippen molar-refractivity contribution in [3.8, 4) is 0 Å². The van der Waals surface area contributed by atoms with Crippen molar-refractivity contribution in [2.24, 2.45) is 0 Å². The smallest absolute Gasteiger partial charge is 0.0419 e. The Morgan fingerprint density at radius 3 is 2.67 bits per heavy atom. The molecule has 0 radical (unpaired) electrons. The van der Waals surface area contributed by atoms with Gasteiger partial charge in [0.05, 0.1) is 0 Å². The van der Waals surface area contributed by atoms with E-state index in [1.807, 2.05) is 0 Å². The average Bonchev–Trinajstić information content (AvgIpc) is 2.89. The molecule has 0 unspecified atom stereocenters. The molecule has 3 rings (SSSR count). The van der Waals surface area contributed by atoms with E-state index in [1.54, 1.807) is 0 Å². The fraction of sp³-hybridized carbons (Fsp3) is 0.600. The minimum atomic E-state index is 1.10. The number of hydrogen-bond acceptors (Lipinski definition) is 3. The van der Waals surface area contributed by atoms with Gasteiger partial charge in [-0.1, -0.05) is 25.1 Å². The van der Waals surface area contributed by atoms with Crippen LogP contribution in [0.25, 0.3) is 0 Å². The number of nitrogens with zero attached hydrogens (tertiary/aromatic N) is 2. The maximum Gasteiger partial charge on any atom is 0.0419 e. The van der Waals surface area contributed by atoms with Crippen LogP contribution in [0.2, 0.25) is 0 Å². The number of fused-ring (bicyclic) bond motifs is 1. The molecule has 3 heteroatoms. The molecule has 0 bridgehead atoms. The van der Waals surface area contributed by atoms with Gasteiger partial charge < -0.3 is 10.2 Å². The minimum Gasteiger partial charge on any atom is -0.384 e. The predicted octanol–water partition coefficient (Wildman–Crippen LogP) is 1.79. The summed E-state index contributed by atoms with van der Waals surface area (Å²) in [6.45, 7) is 10.5. The molecule has 2 aliphatic heterocycles. The monoisotopic (exact) mass is 245 g/mol. The van der Waals surface area contributed by atoms with Gasteiger partial charge in [0.25, 0.3) is 0 Å². The first-order valence-electron chi connectivity index (χ1n) is 7.16. The molecule has 3 nitrogen and oxygen atoms in total. The molecule has 1 fully saturated rings. The Kier molecular flexibility index (Phi) is 3.52. The summed E-state index contributed by atoms with van der Waals surface area (Å²) in [4.78, 5) is 5.12. The van der Waals surface area contributed by atoms with Gasteiger partial charge in [-0.25, -0.2) is 0 Å². The second-order valence-corrected chi connectivity index (χ2v) is 5.34. The zero-order valence-corrected chi connectivity index (χ0v) is 11.3. The molecule has 2 aliphatic rings. The summed E-state index contributed by atoms with van der Waals surface area (Å²) in [5.74, 6) is 0. The largest absolute Gasteiger partial charge is 0.384 e. The summed E-state index contributed by atoms with van der Waals surface area (Å²) in [6.07, 6.45) is 1.19. The van der Waals surface area contributed by atoms with Gasteiger partial charge in [0.2, 0.25) is 0 Å². The van der Waals surface area contributed by atoms with Gasteiger partial charge in [0, 0.05) is 45.0 Å². The van der Waals surface area contributed by atoms with Crippen molar-refractivity contribution in [3.63, 3.8) is 0 Å². The Hall–Kier alpha value is -1.06. The lowest BCUT2D eigenvalue weighted by molar-refractivity contribution is 0.132. The lowest BCUT2D eigenvalue weighted by atomic mass is 10.1. The standard InChI is InChI=1S/C15H23N3/c1-2-17-8-10-18(11-9-17)12-14-5-3-4-13-6-7-16-15(13)14/h3-5,16H,2,6-12H2,1H3. The molecule has 98 valence electrons. The molecule has 18 heavy (non-hydrogen) atoms. The summed E-state index contributed by atoms with van der Waals surface area (Å²) in [6, 6.07) is 6.75. The van der Waals surface area contributed by atoms with Crippen LogP contribution in [0.3, 0.4) is 0 Å². The third kappa shape index (κ3) is 2.38. The van der Waals surface area contributed by atoms with Crippen molar-refractivity contribution in [2.45, 2.75) is 19.9 Å². The van der Waals surface area contributed by atoms with Crippen molar-refractivity contribution >= 4 is 5.69 Å². The Balaban J connectivity index is 1.65. The Morgan fingerprint density at radius 1 is 1.11 bits per heavy atom. The molecule has 1 saturated heterocycles. The van der Waals surface area contributed by atoms with Crippen LogP contribution in [-0.4, -0.2) is 49.1 Å². The summed E-state index contributed by atoms with van der Waals surface area (Å²) >= 11 is 0. The van der Waals surface area contributed by atoms with Crippen LogP contribution in [0.15, 0.2) is 18.2 Å². The molecule has 1 aromatic carbocycles. The molecule has 1 aromatic rings. The number of para-hydroxylation sites is 1. The van der Waals surface area contributed by atoms with Gasteiger partial charge in [-0.15, -0.1) is 0 Å². The Morgan fingerprint density at radius 2 is 1.89 bits per heavy atom. The van der Waals surface area contributed by atoms with E-state index >= 15 is 0 Å². The Bertz CT molecular complexity index is 408. The third-order valence-electron chi connectivity index (χ3n) is 4.24. The molecule has 0 spiro atoms. The molecule has 0 saturated carbocycles. The zero-order valence-electron chi connectivity index (χ0n) is 11.3. The van der Waals surface area contributed by atoms with Crippen LogP contribution in [-0.2, 0) is 13.0 Å². The van der Waals surface area contributed by atoms with E-state index in [4.69, 9.17) is 0 Å². The second-order valence-electron chi connectivity index (χ2n) is 5.34. The minimum absolute atomic E-state index is 1.10. The number of rotatable bonds is 3. The highest BCUT2D eigenvalue weighted by atomic mass is 15.3.